The number of piperidine rings is 1. The number of ether oxygens (including phenoxy) is 5. The SMILES string of the molecule is CO[C@@H]1OC(CO)[C@@H](O)C(O[C@@H]2OC(C(=O)NCCc3ccc(NC(=S)n4ccc5c(N(C)C6CN(C(=O)CC#N)CC[C@H]6C)ncnc54)cc3)[C@@H](OC)C(O)C2O)C1NC(C)=O. The Kier molecular flexibility index (Phi) is 16.0. The maximum atomic E-state index is 13.5. The molecule has 12 atom stereocenters. The van der Waals surface area contributed by atoms with Gasteiger partial charge in [0.05, 0.1) is 24.1 Å². The highest BCUT2D eigenvalue weighted by atomic mass is 32.1. The summed E-state index contributed by atoms with van der Waals surface area (Å²) in [5.41, 5.74) is 2.17. The van der Waals surface area contributed by atoms with Crippen LogP contribution < -0.4 is 20.9 Å². The number of anilines is 2. The maximum Gasteiger partial charge on any atom is 0.252 e. The Hall–Kier alpha value is -4.93. The molecule has 7 N–H and O–H groups in total. The number of carbonyl (C=O) groups excluding carboxylic acids is 3. The standard InChI is InChI=1S/C41H55N9O12S/c1-21-12-16-49(28(53)10-14-42)18-26(21)48(3)36-25-13-17-50(37(25)45-20-44-36)41(63)47-24-8-6-23(7-9-24)11-15-43-38(57)35-34(58-4)31(55)32(56)40(62-35)61-33-29(46-22(2)52)39(59-5)60-27(19-51)30(33)54/h6-9,13,17,20-21,26-27,29-35,39-40,51,54-56H,10-12,15-16,18-19H2,1-5H3,(H,43,57)(H,46,52)(H,47,63)/t21-,26?,27?,29?,30-,31?,32?,33?,34+,35?,39-,40-/m1/s1. The number of likely N-dealkylation sites (tertiary alicyclic amines) is 1. The quantitative estimate of drug-likeness (QED) is 0.0956. The van der Waals surface area contributed by atoms with Gasteiger partial charge in [0.15, 0.2) is 29.4 Å². The van der Waals surface area contributed by atoms with Crippen LogP contribution in [0.5, 0.6) is 0 Å². The first-order valence-corrected chi connectivity index (χ1v) is 20.9. The van der Waals surface area contributed by atoms with E-state index in [-0.39, 0.29) is 30.8 Å². The first-order chi connectivity index (χ1) is 30.2. The third-order valence-corrected chi connectivity index (χ3v) is 12.1. The minimum absolute atomic E-state index is 0.0203. The molecule has 6 rings (SSSR count). The molecule has 63 heavy (non-hydrogen) atoms. The molecule has 2 aromatic heterocycles. The van der Waals surface area contributed by atoms with Crippen molar-refractivity contribution in [2.75, 3.05) is 57.7 Å². The summed E-state index contributed by atoms with van der Waals surface area (Å²) in [5, 5.41) is 61.5. The summed E-state index contributed by atoms with van der Waals surface area (Å²) < 4.78 is 29.8. The molecule has 3 aromatic rings. The van der Waals surface area contributed by atoms with E-state index < -0.39 is 79.8 Å². The lowest BCUT2D eigenvalue weighted by atomic mass is 9.92. The van der Waals surface area contributed by atoms with Crippen molar-refractivity contribution >= 4 is 57.6 Å². The van der Waals surface area contributed by atoms with Gasteiger partial charge < -0.3 is 69.9 Å². The Morgan fingerprint density at radius 2 is 1.78 bits per heavy atom. The number of nitrogens with zero attached hydrogens (tertiary/aromatic N) is 6. The molecule has 342 valence electrons. The molecule has 0 aliphatic carbocycles. The number of aromatic nitrogens is 3. The average molecular weight is 898 g/mol. The van der Waals surface area contributed by atoms with Crippen LogP contribution in [0, 0.1) is 17.2 Å². The van der Waals surface area contributed by atoms with Crippen LogP contribution in [-0.4, -0.2) is 178 Å². The number of hydrogen-bond donors (Lipinski definition) is 7. The van der Waals surface area contributed by atoms with Crippen LogP contribution in [0.1, 0.15) is 32.3 Å². The van der Waals surface area contributed by atoms with E-state index in [4.69, 9.17) is 41.2 Å². The molecule has 3 saturated heterocycles. The van der Waals surface area contributed by atoms with Gasteiger partial charge in [-0.3, -0.25) is 19.0 Å². The molecule has 0 bridgehead atoms. The van der Waals surface area contributed by atoms with Gasteiger partial charge in [0.25, 0.3) is 5.91 Å². The zero-order valence-electron chi connectivity index (χ0n) is 35.6. The normalized spacial score (nSPS) is 29.7. The van der Waals surface area contributed by atoms with Crippen molar-refractivity contribution in [3.8, 4) is 6.07 Å². The molecular formula is C41H55N9O12S. The molecule has 3 amide bonds. The van der Waals surface area contributed by atoms with Gasteiger partial charge in [-0.1, -0.05) is 19.1 Å². The van der Waals surface area contributed by atoms with Crippen LogP contribution in [0.2, 0.25) is 0 Å². The number of nitrogens with one attached hydrogen (secondary N) is 3. The number of likely N-dealkylation sites (N-methyl/N-ethyl adjacent to an activating group) is 1. The van der Waals surface area contributed by atoms with Crippen molar-refractivity contribution in [3.63, 3.8) is 0 Å². The number of fused-ring (bicyclic) bond motifs is 1. The Morgan fingerprint density at radius 3 is 2.44 bits per heavy atom. The van der Waals surface area contributed by atoms with Crippen molar-refractivity contribution in [2.24, 2.45) is 5.92 Å². The van der Waals surface area contributed by atoms with E-state index in [9.17, 15) is 34.8 Å². The number of aliphatic hydroxyl groups is 4. The van der Waals surface area contributed by atoms with E-state index in [0.717, 1.165) is 17.4 Å². The highest BCUT2D eigenvalue weighted by Crippen LogP contribution is 2.32. The molecule has 0 radical (unpaired) electrons. The maximum absolute atomic E-state index is 13.5. The van der Waals surface area contributed by atoms with E-state index in [1.807, 2.05) is 49.6 Å². The molecule has 21 nitrogen and oxygen atoms in total. The number of carbonyl (C=O) groups is 3. The molecular weight excluding hydrogens is 843 g/mol. The lowest BCUT2D eigenvalue weighted by Crippen LogP contribution is -2.68. The first-order valence-electron chi connectivity index (χ1n) is 20.5. The van der Waals surface area contributed by atoms with Gasteiger partial charge in [0, 0.05) is 59.7 Å². The van der Waals surface area contributed by atoms with Gasteiger partial charge >= 0.3 is 0 Å². The van der Waals surface area contributed by atoms with E-state index in [2.05, 4.69) is 37.7 Å². The van der Waals surface area contributed by atoms with E-state index in [1.165, 1.54) is 27.5 Å². The monoisotopic (exact) mass is 897 g/mol. The van der Waals surface area contributed by atoms with Gasteiger partial charge in [-0.25, -0.2) is 9.97 Å². The van der Waals surface area contributed by atoms with Crippen LogP contribution in [0.4, 0.5) is 11.5 Å². The Labute approximate surface area is 369 Å². The first kappa shape index (κ1) is 47.5. The fraction of sp³-hybridized carbons (Fsp3) is 0.585. The predicted molar refractivity (Wildman–Crippen MR) is 228 cm³/mol. The Balaban J connectivity index is 1.05. The highest BCUT2D eigenvalue weighted by molar-refractivity contribution is 7.80. The predicted octanol–water partition coefficient (Wildman–Crippen LogP) is -1.00. The fourth-order valence-electron chi connectivity index (χ4n) is 8.27. The molecule has 3 aliphatic heterocycles. The Morgan fingerprint density at radius 1 is 1.03 bits per heavy atom. The number of rotatable bonds is 14. The molecule has 1 aromatic carbocycles. The van der Waals surface area contributed by atoms with E-state index in [1.54, 1.807) is 9.47 Å². The molecule has 0 spiro atoms. The number of hydrogen-bond acceptors (Lipinski definition) is 17. The van der Waals surface area contributed by atoms with E-state index >= 15 is 0 Å². The molecule has 3 aliphatic rings. The number of nitriles is 1. The number of methoxy groups -OCH3 is 2. The summed E-state index contributed by atoms with van der Waals surface area (Å²) >= 11 is 5.78. The summed E-state index contributed by atoms with van der Waals surface area (Å²) in [6.45, 7) is 3.99. The van der Waals surface area contributed by atoms with Gasteiger partial charge in [-0.2, -0.15) is 5.26 Å². The third kappa shape index (κ3) is 10.6. The topological polar surface area (TPSA) is 275 Å². The van der Waals surface area contributed by atoms with Gasteiger partial charge in [-0.05, 0) is 54.7 Å². The fourth-order valence-corrected chi connectivity index (χ4v) is 8.53. The molecule has 5 heterocycles. The van der Waals surface area contributed by atoms with Gasteiger partial charge in [0.1, 0.15) is 61.2 Å². The second kappa shape index (κ2) is 21.2. The molecule has 22 heteroatoms. The van der Waals surface area contributed by atoms with E-state index in [0.29, 0.717) is 41.8 Å². The van der Waals surface area contributed by atoms with Crippen molar-refractivity contribution in [2.45, 2.75) is 101 Å². The van der Waals surface area contributed by atoms with Crippen molar-refractivity contribution < 1.29 is 58.5 Å². The van der Waals surface area contributed by atoms with Gasteiger partial charge in [-0.15, -0.1) is 0 Å². The minimum Gasteiger partial charge on any atom is -0.394 e. The zero-order valence-corrected chi connectivity index (χ0v) is 36.4. The Bertz CT molecular complexity index is 2120. The summed E-state index contributed by atoms with van der Waals surface area (Å²) in [6, 6.07) is 10.1. The van der Waals surface area contributed by atoms with Crippen molar-refractivity contribution in [3.05, 3.63) is 48.4 Å². The highest BCUT2D eigenvalue weighted by Gasteiger charge is 2.53. The third-order valence-electron chi connectivity index (χ3n) is 11.8. The summed E-state index contributed by atoms with van der Waals surface area (Å²) in [7, 11) is 4.49. The molecule has 3 fully saturated rings. The summed E-state index contributed by atoms with van der Waals surface area (Å²) in [6.07, 6.45) is -8.79. The van der Waals surface area contributed by atoms with Crippen LogP contribution in [0.15, 0.2) is 42.9 Å². The number of amides is 3. The van der Waals surface area contributed by atoms with Crippen LogP contribution in [0.25, 0.3) is 11.0 Å². The number of aliphatic hydroxyl groups excluding tert-OH is 4. The molecule has 7 unspecified atom stereocenters. The summed E-state index contributed by atoms with van der Waals surface area (Å²) in [5.74, 6) is -0.386. The summed E-state index contributed by atoms with van der Waals surface area (Å²) in [4.78, 5) is 51.0. The van der Waals surface area contributed by atoms with Crippen molar-refractivity contribution in [1.82, 2.24) is 30.1 Å². The second-order valence-electron chi connectivity index (χ2n) is 15.8. The second-order valence-corrected chi connectivity index (χ2v) is 16.2. The zero-order chi connectivity index (χ0) is 45.5. The van der Waals surface area contributed by atoms with Crippen LogP contribution >= 0.6 is 12.2 Å². The average Bonchev–Trinajstić information content (AvgIpc) is 3.71. The van der Waals surface area contributed by atoms with Crippen LogP contribution in [0.3, 0.4) is 0 Å². The van der Waals surface area contributed by atoms with Crippen LogP contribution in [-0.2, 0) is 44.5 Å². The largest absolute Gasteiger partial charge is 0.394 e. The number of benzene rings is 1. The van der Waals surface area contributed by atoms with Gasteiger partial charge in [0.2, 0.25) is 11.8 Å². The smallest absolute Gasteiger partial charge is 0.252 e. The molecule has 0 saturated carbocycles. The lowest BCUT2D eigenvalue weighted by molar-refractivity contribution is -0.338. The lowest BCUT2D eigenvalue weighted by Gasteiger charge is -2.47. The van der Waals surface area contributed by atoms with Crippen molar-refractivity contribution in [1.29, 1.82) is 5.26 Å². The minimum atomic E-state index is -1.75. The number of thiocarbonyl (C=S) groups is 1.